The van der Waals surface area contributed by atoms with E-state index in [1.165, 1.54) is 0 Å². The number of hydrogen-bond acceptors (Lipinski definition) is 6. The molecule has 6 nitrogen and oxygen atoms in total. The fourth-order valence-electron chi connectivity index (χ4n) is 0.763. The number of nitrogen functional groups attached to an aromatic ring is 2. The standard InChI is InChI=1S/C7H13N5O/c1-4(2)13-3-5-10-6(8)12-7(9)11-5/h4H,3H2,1-2H3,(H4,8,9,10,11,12). The molecule has 0 aliphatic carbocycles. The van der Waals surface area contributed by atoms with Crippen molar-refractivity contribution in [3.63, 3.8) is 0 Å². The predicted molar refractivity (Wildman–Crippen MR) is 48.6 cm³/mol. The van der Waals surface area contributed by atoms with Gasteiger partial charge in [-0.2, -0.15) is 15.0 Å². The van der Waals surface area contributed by atoms with Crippen LogP contribution in [0.5, 0.6) is 0 Å². The van der Waals surface area contributed by atoms with Gasteiger partial charge in [0.2, 0.25) is 11.9 Å². The van der Waals surface area contributed by atoms with Gasteiger partial charge >= 0.3 is 0 Å². The number of nitrogens with two attached hydrogens (primary N) is 2. The number of anilines is 2. The Labute approximate surface area is 76.3 Å². The quantitative estimate of drug-likeness (QED) is 0.682. The average Bonchev–Trinajstić information content (AvgIpc) is 1.99. The van der Waals surface area contributed by atoms with E-state index < -0.39 is 0 Å². The molecule has 1 rings (SSSR count). The average molecular weight is 183 g/mol. The summed E-state index contributed by atoms with van der Waals surface area (Å²) < 4.78 is 5.27. The predicted octanol–water partition coefficient (Wildman–Crippen LogP) is -0.0390. The summed E-state index contributed by atoms with van der Waals surface area (Å²) in [7, 11) is 0. The maximum atomic E-state index is 5.37. The second-order valence-corrected chi connectivity index (χ2v) is 2.83. The van der Waals surface area contributed by atoms with E-state index in [9.17, 15) is 0 Å². The maximum Gasteiger partial charge on any atom is 0.225 e. The van der Waals surface area contributed by atoms with Crippen molar-refractivity contribution in [2.75, 3.05) is 11.5 Å². The van der Waals surface area contributed by atoms with Crippen molar-refractivity contribution in [1.29, 1.82) is 0 Å². The Bertz CT molecular complexity index is 268. The third-order valence-corrected chi connectivity index (χ3v) is 1.26. The minimum Gasteiger partial charge on any atom is -0.371 e. The van der Waals surface area contributed by atoms with Crippen molar-refractivity contribution < 1.29 is 4.74 Å². The second-order valence-electron chi connectivity index (χ2n) is 2.83. The molecule has 1 aromatic heterocycles. The first-order valence-electron chi connectivity index (χ1n) is 3.95. The summed E-state index contributed by atoms with van der Waals surface area (Å²) in [5, 5.41) is 0. The lowest BCUT2D eigenvalue weighted by Crippen LogP contribution is -2.10. The van der Waals surface area contributed by atoms with Gasteiger partial charge in [0.25, 0.3) is 0 Å². The van der Waals surface area contributed by atoms with Crippen LogP contribution in [-0.2, 0) is 11.3 Å². The van der Waals surface area contributed by atoms with Crippen LogP contribution < -0.4 is 11.5 Å². The van der Waals surface area contributed by atoms with Crippen molar-refractivity contribution in [2.45, 2.75) is 26.6 Å². The Hall–Kier alpha value is -1.43. The van der Waals surface area contributed by atoms with Gasteiger partial charge in [-0.25, -0.2) is 0 Å². The minimum absolute atomic E-state index is 0.120. The van der Waals surface area contributed by atoms with Gasteiger partial charge in [-0.05, 0) is 13.8 Å². The normalized spacial score (nSPS) is 10.7. The molecule has 6 heteroatoms. The fraction of sp³-hybridized carbons (Fsp3) is 0.571. The van der Waals surface area contributed by atoms with Crippen molar-refractivity contribution in [3.05, 3.63) is 5.82 Å². The van der Waals surface area contributed by atoms with Gasteiger partial charge in [-0.3, -0.25) is 0 Å². The highest BCUT2D eigenvalue weighted by atomic mass is 16.5. The molecule has 0 aliphatic rings. The SMILES string of the molecule is CC(C)OCc1nc(N)nc(N)n1. The van der Waals surface area contributed by atoms with Crippen molar-refractivity contribution in [3.8, 4) is 0 Å². The number of hydrogen-bond donors (Lipinski definition) is 2. The molecule has 0 fully saturated rings. The monoisotopic (exact) mass is 183 g/mol. The lowest BCUT2D eigenvalue weighted by Gasteiger charge is -2.06. The van der Waals surface area contributed by atoms with E-state index in [2.05, 4.69) is 15.0 Å². The molecule has 0 amide bonds. The number of rotatable bonds is 3. The third-order valence-electron chi connectivity index (χ3n) is 1.26. The van der Waals surface area contributed by atoms with Gasteiger partial charge in [0.05, 0.1) is 6.10 Å². The first kappa shape index (κ1) is 9.66. The van der Waals surface area contributed by atoms with Crippen LogP contribution in [0.4, 0.5) is 11.9 Å². The topological polar surface area (TPSA) is 99.9 Å². The van der Waals surface area contributed by atoms with Crippen LogP contribution in [0.1, 0.15) is 19.7 Å². The lowest BCUT2D eigenvalue weighted by molar-refractivity contribution is 0.0613. The first-order chi connectivity index (χ1) is 6.08. The summed E-state index contributed by atoms with van der Waals surface area (Å²) >= 11 is 0. The molecule has 0 radical (unpaired) electrons. The molecule has 72 valence electrons. The smallest absolute Gasteiger partial charge is 0.225 e. The van der Waals surface area contributed by atoms with Gasteiger partial charge in [-0.1, -0.05) is 0 Å². The van der Waals surface area contributed by atoms with Crippen LogP contribution in [-0.4, -0.2) is 21.1 Å². The summed E-state index contributed by atoms with van der Waals surface area (Å²) in [6.07, 6.45) is 0.124. The van der Waals surface area contributed by atoms with E-state index in [0.717, 1.165) is 0 Å². The molecule has 0 atom stereocenters. The van der Waals surface area contributed by atoms with Gasteiger partial charge < -0.3 is 16.2 Å². The highest BCUT2D eigenvalue weighted by Gasteiger charge is 2.02. The molecule has 0 bridgehead atoms. The van der Waals surface area contributed by atoms with E-state index in [-0.39, 0.29) is 18.0 Å². The molecule has 0 unspecified atom stereocenters. The molecular weight excluding hydrogens is 170 g/mol. The van der Waals surface area contributed by atoms with Crippen LogP contribution in [0.2, 0.25) is 0 Å². The number of aromatic nitrogens is 3. The zero-order valence-electron chi connectivity index (χ0n) is 7.69. The number of nitrogens with zero attached hydrogens (tertiary/aromatic N) is 3. The highest BCUT2D eigenvalue weighted by molar-refractivity contribution is 5.25. The van der Waals surface area contributed by atoms with Crippen LogP contribution in [0.3, 0.4) is 0 Å². The van der Waals surface area contributed by atoms with E-state index in [4.69, 9.17) is 16.2 Å². The summed E-state index contributed by atoms with van der Waals surface area (Å²) in [6, 6.07) is 0. The van der Waals surface area contributed by atoms with E-state index in [1.807, 2.05) is 13.8 Å². The van der Waals surface area contributed by atoms with Crippen molar-refractivity contribution in [2.24, 2.45) is 0 Å². The molecule has 1 heterocycles. The molecule has 0 spiro atoms. The first-order valence-corrected chi connectivity index (χ1v) is 3.95. The van der Waals surface area contributed by atoms with Crippen molar-refractivity contribution in [1.82, 2.24) is 15.0 Å². The lowest BCUT2D eigenvalue weighted by atomic mass is 10.5. The molecular formula is C7H13N5O. The van der Waals surface area contributed by atoms with Gasteiger partial charge in [0, 0.05) is 0 Å². The van der Waals surface area contributed by atoms with Crippen molar-refractivity contribution >= 4 is 11.9 Å². The molecule has 0 aliphatic heterocycles. The van der Waals surface area contributed by atoms with Gasteiger partial charge in [-0.15, -0.1) is 0 Å². The summed E-state index contributed by atoms with van der Waals surface area (Å²) in [6.45, 7) is 4.15. The van der Waals surface area contributed by atoms with E-state index in [0.29, 0.717) is 12.4 Å². The highest BCUT2D eigenvalue weighted by Crippen LogP contribution is 2.01. The van der Waals surface area contributed by atoms with Crippen LogP contribution in [0.15, 0.2) is 0 Å². The summed E-state index contributed by atoms with van der Waals surface area (Å²) in [4.78, 5) is 11.4. The molecule has 4 N–H and O–H groups in total. The van der Waals surface area contributed by atoms with Crippen LogP contribution >= 0.6 is 0 Å². The van der Waals surface area contributed by atoms with Gasteiger partial charge in [0.1, 0.15) is 6.61 Å². The zero-order chi connectivity index (χ0) is 9.84. The Morgan fingerprint density at radius 1 is 1.15 bits per heavy atom. The fourth-order valence-corrected chi connectivity index (χ4v) is 0.763. The Morgan fingerprint density at radius 2 is 1.69 bits per heavy atom. The molecule has 0 saturated heterocycles. The Kier molecular flexibility index (Phi) is 2.97. The maximum absolute atomic E-state index is 5.37. The van der Waals surface area contributed by atoms with E-state index >= 15 is 0 Å². The summed E-state index contributed by atoms with van der Waals surface area (Å²) in [5.74, 6) is 0.698. The molecule has 0 aromatic carbocycles. The van der Waals surface area contributed by atoms with E-state index in [1.54, 1.807) is 0 Å². The van der Waals surface area contributed by atoms with Crippen LogP contribution in [0, 0.1) is 0 Å². The minimum atomic E-state index is 0.120. The Balaban J connectivity index is 2.66. The third kappa shape index (κ3) is 3.20. The molecule has 1 aromatic rings. The van der Waals surface area contributed by atoms with Gasteiger partial charge in [0.15, 0.2) is 5.82 Å². The zero-order valence-corrected chi connectivity index (χ0v) is 7.69. The number of ether oxygens (including phenoxy) is 1. The largest absolute Gasteiger partial charge is 0.371 e. The summed E-state index contributed by atoms with van der Waals surface area (Å²) in [5.41, 5.74) is 10.7. The Morgan fingerprint density at radius 3 is 2.15 bits per heavy atom. The second kappa shape index (κ2) is 3.99. The van der Waals surface area contributed by atoms with Crippen LogP contribution in [0.25, 0.3) is 0 Å². The molecule has 13 heavy (non-hydrogen) atoms. The molecule has 0 saturated carbocycles.